The van der Waals surface area contributed by atoms with Crippen LogP contribution in [0, 0.1) is 0 Å². The Morgan fingerprint density at radius 3 is 2.50 bits per heavy atom. The fraction of sp³-hybridized carbons (Fsp3) is 0.211. The number of carbonyl (C=O) groups excluding carboxylic acids is 2. The first-order chi connectivity index (χ1) is 13.4. The van der Waals surface area contributed by atoms with Crippen molar-refractivity contribution in [3.8, 4) is 0 Å². The summed E-state index contributed by atoms with van der Waals surface area (Å²) in [5, 5.41) is 5.38. The predicted molar refractivity (Wildman–Crippen MR) is 104 cm³/mol. The lowest BCUT2D eigenvalue weighted by Crippen LogP contribution is -2.40. The van der Waals surface area contributed by atoms with Crippen molar-refractivity contribution < 1.29 is 22.7 Å². The van der Waals surface area contributed by atoms with Crippen LogP contribution in [0.25, 0.3) is 0 Å². The van der Waals surface area contributed by atoms with Crippen LogP contribution in [0.15, 0.2) is 63.9 Å². The molecule has 0 saturated carbocycles. The summed E-state index contributed by atoms with van der Waals surface area (Å²) in [7, 11) is -2.66. The first-order valence-corrected chi connectivity index (χ1v) is 9.95. The van der Waals surface area contributed by atoms with Gasteiger partial charge in [-0.25, -0.2) is 0 Å². The quantitative estimate of drug-likeness (QED) is 0.712. The van der Waals surface area contributed by atoms with E-state index in [0.717, 1.165) is 5.56 Å². The van der Waals surface area contributed by atoms with Crippen molar-refractivity contribution in [3.05, 3.63) is 60.2 Å². The molecule has 3 rings (SSSR count). The van der Waals surface area contributed by atoms with E-state index in [4.69, 9.17) is 4.74 Å². The van der Waals surface area contributed by atoms with Gasteiger partial charge in [0.25, 0.3) is 15.9 Å². The summed E-state index contributed by atoms with van der Waals surface area (Å²) in [4.78, 5) is 24.2. The van der Waals surface area contributed by atoms with Crippen LogP contribution in [0.4, 0.5) is 5.69 Å². The number of amidine groups is 1. The SMILES string of the molecule is COC(=O)CC(CNC(=O)C1=NS(=O)(=O)c2ccccc2N1)c1ccccc1. The number of nitrogens with one attached hydrogen (secondary N) is 2. The normalized spacial score (nSPS) is 15.4. The number of nitrogens with zero attached hydrogens (tertiary/aromatic N) is 1. The Hall–Kier alpha value is -3.20. The number of sulfonamides is 1. The lowest BCUT2D eigenvalue weighted by Gasteiger charge is -2.20. The molecular weight excluding hydrogens is 382 g/mol. The number of esters is 1. The standard InChI is InChI=1S/C19H19N3O5S/c1-27-17(23)11-14(13-7-3-2-4-8-13)12-20-19(24)18-21-15-9-5-6-10-16(15)28(25,26)22-18/h2-10,14H,11-12H2,1H3,(H,20,24)(H,21,22). The highest BCUT2D eigenvalue weighted by atomic mass is 32.2. The van der Waals surface area contributed by atoms with Gasteiger partial charge >= 0.3 is 5.97 Å². The summed E-state index contributed by atoms with van der Waals surface area (Å²) in [6.07, 6.45) is 0.0713. The summed E-state index contributed by atoms with van der Waals surface area (Å²) < 4.78 is 32.8. The molecule has 28 heavy (non-hydrogen) atoms. The zero-order chi connectivity index (χ0) is 20.1. The average molecular weight is 401 g/mol. The van der Waals surface area contributed by atoms with Crippen molar-refractivity contribution in [2.75, 3.05) is 19.0 Å². The first-order valence-electron chi connectivity index (χ1n) is 8.51. The molecule has 1 heterocycles. The highest BCUT2D eigenvalue weighted by Gasteiger charge is 2.28. The second-order valence-corrected chi connectivity index (χ2v) is 7.71. The van der Waals surface area contributed by atoms with Gasteiger partial charge in [0.1, 0.15) is 4.90 Å². The van der Waals surface area contributed by atoms with Crippen LogP contribution in [-0.4, -0.2) is 39.8 Å². The Morgan fingerprint density at radius 2 is 1.79 bits per heavy atom. The van der Waals surface area contributed by atoms with E-state index in [1.807, 2.05) is 30.3 Å². The molecule has 2 N–H and O–H groups in total. The van der Waals surface area contributed by atoms with Crippen LogP contribution in [0.1, 0.15) is 17.9 Å². The van der Waals surface area contributed by atoms with Crippen molar-refractivity contribution in [1.29, 1.82) is 0 Å². The van der Waals surface area contributed by atoms with Crippen LogP contribution in [-0.2, 0) is 24.3 Å². The third-order valence-electron chi connectivity index (χ3n) is 4.27. The molecule has 0 aliphatic carbocycles. The minimum atomic E-state index is -3.96. The Morgan fingerprint density at radius 1 is 1.11 bits per heavy atom. The summed E-state index contributed by atoms with van der Waals surface area (Å²) in [5.74, 6) is -1.73. The zero-order valence-electron chi connectivity index (χ0n) is 15.1. The summed E-state index contributed by atoms with van der Waals surface area (Å²) >= 11 is 0. The number of para-hydroxylation sites is 1. The van der Waals surface area contributed by atoms with Gasteiger partial charge in [0.15, 0.2) is 0 Å². The van der Waals surface area contributed by atoms with E-state index in [-0.39, 0.29) is 35.3 Å². The second-order valence-electron chi connectivity index (χ2n) is 6.13. The number of amides is 1. The molecule has 1 amide bonds. The molecule has 0 saturated heterocycles. The number of anilines is 1. The maximum atomic E-state index is 12.5. The smallest absolute Gasteiger partial charge is 0.306 e. The molecule has 146 valence electrons. The third-order valence-corrected chi connectivity index (χ3v) is 5.60. The number of fused-ring (bicyclic) bond motifs is 1. The van der Waals surface area contributed by atoms with Gasteiger partial charge in [-0.1, -0.05) is 42.5 Å². The van der Waals surface area contributed by atoms with E-state index in [1.54, 1.807) is 18.2 Å². The Balaban J connectivity index is 1.75. The molecule has 2 aromatic carbocycles. The lowest BCUT2D eigenvalue weighted by atomic mass is 9.95. The molecule has 1 atom stereocenters. The number of ether oxygens (including phenoxy) is 1. The monoisotopic (exact) mass is 401 g/mol. The van der Waals surface area contributed by atoms with Gasteiger partial charge in [0.05, 0.1) is 19.2 Å². The fourth-order valence-corrected chi connectivity index (χ4v) is 3.94. The molecule has 2 aromatic rings. The van der Waals surface area contributed by atoms with Gasteiger partial charge in [-0.3, -0.25) is 9.59 Å². The van der Waals surface area contributed by atoms with E-state index >= 15 is 0 Å². The van der Waals surface area contributed by atoms with Crippen molar-refractivity contribution in [3.63, 3.8) is 0 Å². The maximum absolute atomic E-state index is 12.5. The summed E-state index contributed by atoms with van der Waals surface area (Å²) in [5.41, 5.74) is 1.14. The topological polar surface area (TPSA) is 114 Å². The lowest BCUT2D eigenvalue weighted by molar-refractivity contribution is -0.141. The van der Waals surface area contributed by atoms with E-state index in [0.29, 0.717) is 0 Å². The minimum absolute atomic E-state index is 0.0133. The highest BCUT2D eigenvalue weighted by Crippen LogP contribution is 2.26. The van der Waals surface area contributed by atoms with Crippen molar-refractivity contribution in [1.82, 2.24) is 5.32 Å². The van der Waals surface area contributed by atoms with E-state index in [2.05, 4.69) is 15.0 Å². The van der Waals surface area contributed by atoms with Crippen LogP contribution < -0.4 is 10.6 Å². The van der Waals surface area contributed by atoms with Crippen molar-refractivity contribution >= 4 is 33.4 Å². The summed E-state index contributed by atoms with van der Waals surface area (Å²) in [6.45, 7) is 0.111. The van der Waals surface area contributed by atoms with Gasteiger partial charge in [0, 0.05) is 12.5 Å². The van der Waals surface area contributed by atoms with Crippen molar-refractivity contribution in [2.45, 2.75) is 17.2 Å². The predicted octanol–water partition coefficient (Wildman–Crippen LogP) is 1.66. The molecule has 0 fully saturated rings. The molecule has 0 radical (unpaired) electrons. The number of hydrogen-bond acceptors (Lipinski definition) is 6. The Kier molecular flexibility index (Phi) is 5.74. The van der Waals surface area contributed by atoms with Gasteiger partial charge in [-0.15, -0.1) is 4.40 Å². The zero-order valence-corrected chi connectivity index (χ0v) is 15.9. The first kappa shape index (κ1) is 19.6. The molecule has 1 aliphatic rings. The van der Waals surface area contributed by atoms with Crippen molar-refractivity contribution in [2.24, 2.45) is 4.40 Å². The number of hydrogen-bond donors (Lipinski definition) is 2. The van der Waals surface area contributed by atoms with Gasteiger partial charge < -0.3 is 15.4 Å². The van der Waals surface area contributed by atoms with E-state index in [1.165, 1.54) is 13.2 Å². The molecule has 1 unspecified atom stereocenters. The number of methoxy groups -OCH3 is 1. The number of carbonyl (C=O) groups is 2. The van der Waals surface area contributed by atoms with E-state index < -0.39 is 21.9 Å². The average Bonchev–Trinajstić information content (AvgIpc) is 2.70. The minimum Gasteiger partial charge on any atom is -0.469 e. The van der Waals surface area contributed by atoms with Crippen LogP contribution in [0.5, 0.6) is 0 Å². The molecular formula is C19H19N3O5S. The Bertz CT molecular complexity index is 1020. The molecule has 9 heteroatoms. The maximum Gasteiger partial charge on any atom is 0.306 e. The van der Waals surface area contributed by atoms with E-state index in [9.17, 15) is 18.0 Å². The van der Waals surface area contributed by atoms with Crippen LogP contribution >= 0.6 is 0 Å². The van der Waals surface area contributed by atoms with Gasteiger partial charge in [-0.2, -0.15) is 8.42 Å². The van der Waals surface area contributed by atoms with Crippen LogP contribution in [0.2, 0.25) is 0 Å². The Labute approximate surface area is 162 Å². The summed E-state index contributed by atoms with van der Waals surface area (Å²) in [6, 6.07) is 15.4. The molecule has 1 aliphatic heterocycles. The van der Waals surface area contributed by atoms with Gasteiger partial charge in [-0.05, 0) is 17.7 Å². The third kappa shape index (κ3) is 4.37. The van der Waals surface area contributed by atoms with Gasteiger partial charge in [0.2, 0.25) is 5.84 Å². The molecule has 0 bridgehead atoms. The molecule has 0 aromatic heterocycles. The molecule has 8 nitrogen and oxygen atoms in total. The number of benzene rings is 2. The highest BCUT2D eigenvalue weighted by molar-refractivity contribution is 7.90. The fourth-order valence-electron chi connectivity index (χ4n) is 2.83. The number of rotatable bonds is 6. The second kappa shape index (κ2) is 8.22. The molecule has 0 spiro atoms. The van der Waals surface area contributed by atoms with Crippen LogP contribution in [0.3, 0.4) is 0 Å². The largest absolute Gasteiger partial charge is 0.469 e.